The minimum atomic E-state index is -4.01. The van der Waals surface area contributed by atoms with Gasteiger partial charge in [-0.1, -0.05) is 12.1 Å². The molecule has 0 bridgehead atoms. The number of nitrogens with one attached hydrogen (secondary N) is 1. The summed E-state index contributed by atoms with van der Waals surface area (Å²) >= 11 is 1.49. The summed E-state index contributed by atoms with van der Waals surface area (Å²) in [4.78, 5) is 25.5. The van der Waals surface area contributed by atoms with Crippen LogP contribution in [0.4, 0.5) is 0 Å². The minimum Gasteiger partial charge on any atom is -0.454 e. The van der Waals surface area contributed by atoms with E-state index in [1.54, 1.807) is 13.0 Å². The SMILES string of the molecule is Cc1ccc(S(=O)(=O)N2CC(O)CC2C(=O)OCC(=O)NCc2cccs2)cc1C. The lowest BCUT2D eigenvalue weighted by atomic mass is 10.1. The molecule has 1 fully saturated rings. The van der Waals surface area contributed by atoms with Crippen molar-refractivity contribution in [3.63, 3.8) is 0 Å². The Balaban J connectivity index is 1.65. The van der Waals surface area contributed by atoms with Crippen molar-refractivity contribution in [2.24, 2.45) is 0 Å². The van der Waals surface area contributed by atoms with Gasteiger partial charge in [-0.3, -0.25) is 9.59 Å². The lowest BCUT2D eigenvalue weighted by Gasteiger charge is -2.22. The number of amides is 1. The van der Waals surface area contributed by atoms with Crippen molar-refractivity contribution < 1.29 is 27.9 Å². The molecular formula is C20H24N2O6S2. The van der Waals surface area contributed by atoms with E-state index < -0.39 is 40.7 Å². The van der Waals surface area contributed by atoms with Crippen molar-refractivity contribution in [2.75, 3.05) is 13.2 Å². The zero-order valence-corrected chi connectivity index (χ0v) is 18.3. The molecule has 0 radical (unpaired) electrons. The lowest BCUT2D eigenvalue weighted by molar-refractivity contribution is -0.151. The van der Waals surface area contributed by atoms with Crippen LogP contribution in [-0.2, 0) is 30.9 Å². The Morgan fingerprint density at radius 2 is 2.03 bits per heavy atom. The van der Waals surface area contributed by atoms with Crippen LogP contribution in [0.1, 0.15) is 22.4 Å². The third kappa shape index (κ3) is 5.07. The number of aliphatic hydroxyl groups excluding tert-OH is 1. The van der Waals surface area contributed by atoms with Crippen LogP contribution in [0, 0.1) is 13.8 Å². The van der Waals surface area contributed by atoms with Gasteiger partial charge in [-0.15, -0.1) is 11.3 Å². The summed E-state index contributed by atoms with van der Waals surface area (Å²) in [7, 11) is -4.01. The first kappa shape index (κ1) is 22.4. The highest BCUT2D eigenvalue weighted by Crippen LogP contribution is 2.28. The van der Waals surface area contributed by atoms with Crippen LogP contribution in [0.25, 0.3) is 0 Å². The second kappa shape index (κ2) is 9.25. The van der Waals surface area contributed by atoms with E-state index in [-0.39, 0.29) is 17.9 Å². The van der Waals surface area contributed by atoms with Gasteiger partial charge in [-0.2, -0.15) is 4.31 Å². The van der Waals surface area contributed by atoms with E-state index in [2.05, 4.69) is 5.32 Å². The molecule has 1 aliphatic heterocycles. The first-order chi connectivity index (χ1) is 14.2. The number of aliphatic hydroxyl groups is 1. The van der Waals surface area contributed by atoms with Gasteiger partial charge in [0.25, 0.3) is 5.91 Å². The largest absolute Gasteiger partial charge is 0.454 e. The molecule has 1 aromatic heterocycles. The molecule has 10 heteroatoms. The summed E-state index contributed by atoms with van der Waals surface area (Å²) in [5.74, 6) is -1.34. The molecule has 1 amide bonds. The van der Waals surface area contributed by atoms with Gasteiger partial charge < -0.3 is 15.2 Å². The number of esters is 1. The smallest absolute Gasteiger partial charge is 0.325 e. The molecule has 1 aliphatic rings. The third-order valence-electron chi connectivity index (χ3n) is 4.98. The van der Waals surface area contributed by atoms with Crippen LogP contribution in [0.3, 0.4) is 0 Å². The van der Waals surface area contributed by atoms with Crippen molar-refractivity contribution in [3.05, 3.63) is 51.7 Å². The van der Waals surface area contributed by atoms with E-state index >= 15 is 0 Å². The molecule has 30 heavy (non-hydrogen) atoms. The van der Waals surface area contributed by atoms with Gasteiger partial charge in [-0.25, -0.2) is 8.42 Å². The summed E-state index contributed by atoms with van der Waals surface area (Å²) in [6.45, 7) is 3.26. The number of sulfonamides is 1. The van der Waals surface area contributed by atoms with Crippen LogP contribution >= 0.6 is 11.3 Å². The molecule has 162 valence electrons. The van der Waals surface area contributed by atoms with Gasteiger partial charge in [0, 0.05) is 17.8 Å². The Labute approximate surface area is 179 Å². The minimum absolute atomic E-state index is 0.0474. The first-order valence-corrected chi connectivity index (χ1v) is 11.7. The average molecular weight is 453 g/mol. The molecule has 3 rings (SSSR count). The highest BCUT2D eigenvalue weighted by Gasteiger charge is 2.44. The van der Waals surface area contributed by atoms with Crippen LogP contribution in [-0.4, -0.2) is 55.0 Å². The normalized spacial score (nSPS) is 19.6. The molecule has 2 N–H and O–H groups in total. The number of rotatable bonds is 7. The van der Waals surface area contributed by atoms with Crippen molar-refractivity contribution in [3.8, 4) is 0 Å². The predicted octanol–water partition coefficient (Wildman–Crippen LogP) is 1.35. The lowest BCUT2D eigenvalue weighted by Crippen LogP contribution is -2.42. The summed E-state index contributed by atoms with van der Waals surface area (Å²) in [6, 6.07) is 7.25. The maximum absolute atomic E-state index is 13.1. The molecule has 2 heterocycles. The Hall–Kier alpha value is -2.27. The Bertz CT molecular complexity index is 1020. The van der Waals surface area contributed by atoms with Crippen molar-refractivity contribution >= 4 is 33.2 Å². The number of aryl methyl sites for hydroxylation is 2. The standard InChI is InChI=1S/C20H24N2O6S2/c1-13-5-6-17(8-14(13)2)30(26,27)22-11-15(23)9-18(22)20(25)28-12-19(24)21-10-16-4-3-7-29-16/h3-8,15,18,23H,9-12H2,1-2H3,(H,21,24). The topological polar surface area (TPSA) is 113 Å². The Morgan fingerprint density at radius 3 is 2.70 bits per heavy atom. The van der Waals surface area contributed by atoms with Gasteiger partial charge in [0.05, 0.1) is 17.5 Å². The molecule has 8 nitrogen and oxygen atoms in total. The van der Waals surface area contributed by atoms with Crippen LogP contribution in [0.15, 0.2) is 40.6 Å². The maximum Gasteiger partial charge on any atom is 0.325 e. The average Bonchev–Trinajstić information content (AvgIpc) is 3.36. The summed E-state index contributed by atoms with van der Waals surface area (Å²) in [5.41, 5.74) is 1.75. The van der Waals surface area contributed by atoms with Crippen molar-refractivity contribution in [1.29, 1.82) is 0 Å². The van der Waals surface area contributed by atoms with Gasteiger partial charge in [0.1, 0.15) is 6.04 Å². The van der Waals surface area contributed by atoms with E-state index in [1.165, 1.54) is 23.5 Å². The van der Waals surface area contributed by atoms with E-state index in [9.17, 15) is 23.1 Å². The Morgan fingerprint density at radius 1 is 1.27 bits per heavy atom. The van der Waals surface area contributed by atoms with Crippen LogP contribution in [0.5, 0.6) is 0 Å². The molecule has 0 spiro atoms. The Kier molecular flexibility index (Phi) is 6.91. The molecule has 0 saturated carbocycles. The number of β-amino-alcohol motifs (C(OH)–C–C–N with tert-alkyl or cyclic N) is 1. The molecule has 2 aromatic rings. The quantitative estimate of drug-likeness (QED) is 0.613. The predicted molar refractivity (Wildman–Crippen MR) is 111 cm³/mol. The monoisotopic (exact) mass is 452 g/mol. The second-order valence-corrected chi connectivity index (χ2v) is 10.1. The molecule has 0 aliphatic carbocycles. The fraction of sp³-hybridized carbons (Fsp3) is 0.400. The number of carbonyl (C=O) groups excluding carboxylic acids is 2. The van der Waals surface area contributed by atoms with E-state index in [0.29, 0.717) is 6.54 Å². The zero-order chi connectivity index (χ0) is 21.9. The molecule has 1 saturated heterocycles. The van der Waals surface area contributed by atoms with Crippen molar-refractivity contribution in [1.82, 2.24) is 9.62 Å². The van der Waals surface area contributed by atoms with Gasteiger partial charge >= 0.3 is 5.97 Å². The number of nitrogens with zero attached hydrogens (tertiary/aromatic N) is 1. The van der Waals surface area contributed by atoms with Crippen LogP contribution < -0.4 is 5.32 Å². The number of benzene rings is 1. The number of carbonyl (C=O) groups is 2. The number of hydrogen-bond acceptors (Lipinski definition) is 7. The maximum atomic E-state index is 13.1. The highest BCUT2D eigenvalue weighted by atomic mass is 32.2. The summed E-state index contributed by atoms with van der Waals surface area (Å²) in [5, 5.41) is 14.5. The number of ether oxygens (including phenoxy) is 1. The fourth-order valence-corrected chi connectivity index (χ4v) is 5.51. The molecule has 2 unspecified atom stereocenters. The van der Waals surface area contributed by atoms with E-state index in [1.807, 2.05) is 24.4 Å². The van der Waals surface area contributed by atoms with E-state index in [0.717, 1.165) is 20.3 Å². The molecule has 1 aromatic carbocycles. The molecule has 2 atom stereocenters. The first-order valence-electron chi connectivity index (χ1n) is 9.41. The number of thiophene rings is 1. The van der Waals surface area contributed by atoms with Gasteiger partial charge in [-0.05, 0) is 48.6 Å². The zero-order valence-electron chi connectivity index (χ0n) is 16.7. The summed E-state index contributed by atoms with van der Waals surface area (Å²) in [6.07, 6.45) is -1.07. The van der Waals surface area contributed by atoms with Crippen LogP contribution in [0.2, 0.25) is 0 Å². The van der Waals surface area contributed by atoms with Crippen molar-refractivity contribution in [2.45, 2.75) is 43.9 Å². The van der Waals surface area contributed by atoms with Gasteiger partial charge in [0.15, 0.2) is 6.61 Å². The van der Waals surface area contributed by atoms with Gasteiger partial charge in [0.2, 0.25) is 10.0 Å². The fourth-order valence-electron chi connectivity index (χ4n) is 3.16. The molecular weight excluding hydrogens is 428 g/mol. The van der Waals surface area contributed by atoms with E-state index in [4.69, 9.17) is 4.74 Å². The summed E-state index contributed by atoms with van der Waals surface area (Å²) < 4.78 is 32.1. The second-order valence-electron chi connectivity index (χ2n) is 7.19. The number of hydrogen-bond donors (Lipinski definition) is 2. The highest BCUT2D eigenvalue weighted by molar-refractivity contribution is 7.89. The third-order valence-corrected chi connectivity index (χ3v) is 7.72.